The Morgan fingerprint density at radius 2 is 1.21 bits per heavy atom. The minimum absolute atomic E-state index is 0.0478. The van der Waals surface area contributed by atoms with Gasteiger partial charge in [0, 0.05) is 32.4 Å². The zero-order valence-corrected chi connectivity index (χ0v) is 42.8. The van der Waals surface area contributed by atoms with Crippen LogP contribution in [0, 0.1) is 10.8 Å². The maximum absolute atomic E-state index is 14.7. The molecule has 7 rings (SSSR count). The standard InChI is InChI=1S/C50H68N10O8S2/c1-30(52-7)42(62)55-35-19-25-70-37-26-49(2,3)40(59(37)47(35)67)43(63)53-28-33(31-14-10-8-11-15-31)45(65)57-20-22-58(23-21-57)48(68)39(32-16-12-9-13-17-32)56-44(64)41-50(4,5)27-38-60(41)46(66)34(18-24-69-38)54-36(61)29-51-6/h8-17,28,30,33-35,37-41,51-52H,18-27,29H2,1-7H3,(H,54,61)(H,55,62)(H,56,64)/b53-28+/t30-,33?,34-,35-,37-,38-,39-,40+,41+/m0/s1. The number of hydrogen-bond acceptors (Lipinski definition) is 12. The molecule has 5 aliphatic rings. The fourth-order valence-corrected chi connectivity index (χ4v) is 13.5. The zero-order chi connectivity index (χ0) is 50.5. The van der Waals surface area contributed by atoms with Gasteiger partial charge in [-0.05, 0) is 80.2 Å². The molecule has 0 spiro atoms. The molecule has 1 unspecified atom stereocenters. The number of fused-ring (bicyclic) bond motifs is 2. The lowest BCUT2D eigenvalue weighted by molar-refractivity contribution is -0.146. The second-order valence-electron chi connectivity index (χ2n) is 20.1. The number of carbonyl (C=O) groups is 8. The van der Waals surface area contributed by atoms with Gasteiger partial charge in [-0.15, -0.1) is 23.5 Å². The van der Waals surface area contributed by atoms with Gasteiger partial charge in [0.1, 0.15) is 30.2 Å². The van der Waals surface area contributed by atoms with Crippen molar-refractivity contribution >= 4 is 77.0 Å². The fourth-order valence-electron chi connectivity index (χ4n) is 10.4. The summed E-state index contributed by atoms with van der Waals surface area (Å²) in [6, 6.07) is 12.9. The quantitative estimate of drug-likeness (QED) is 0.171. The van der Waals surface area contributed by atoms with Crippen molar-refractivity contribution < 1.29 is 38.4 Å². The van der Waals surface area contributed by atoms with Crippen LogP contribution < -0.4 is 26.6 Å². The maximum Gasteiger partial charge on any atom is 0.268 e. The monoisotopic (exact) mass is 1000 g/mol. The van der Waals surface area contributed by atoms with E-state index in [4.69, 9.17) is 0 Å². The van der Waals surface area contributed by atoms with Gasteiger partial charge in [-0.2, -0.15) is 0 Å². The highest BCUT2D eigenvalue weighted by Gasteiger charge is 2.56. The molecule has 2 aromatic carbocycles. The van der Waals surface area contributed by atoms with Crippen LogP contribution in [0.5, 0.6) is 0 Å². The number of carbonyl (C=O) groups excluding carboxylic acids is 8. The van der Waals surface area contributed by atoms with E-state index in [0.29, 0.717) is 48.3 Å². The van der Waals surface area contributed by atoms with Crippen LogP contribution in [0.1, 0.15) is 83.4 Å². The average Bonchev–Trinajstić information content (AvgIpc) is 3.66. The van der Waals surface area contributed by atoms with E-state index in [1.807, 2.05) is 39.8 Å². The number of nitrogens with one attached hydrogen (secondary N) is 5. The molecular formula is C50H68N10O8S2. The number of thioether (sulfide) groups is 2. The molecule has 18 nitrogen and oxygen atoms in total. The molecule has 0 radical (unpaired) electrons. The van der Waals surface area contributed by atoms with Crippen LogP contribution in [0.2, 0.25) is 0 Å². The second kappa shape index (κ2) is 22.4. The summed E-state index contributed by atoms with van der Waals surface area (Å²) < 4.78 is 0. The summed E-state index contributed by atoms with van der Waals surface area (Å²) in [4.78, 5) is 123. The third kappa shape index (κ3) is 11.4. The number of aliphatic imine (C=N–C) groups is 1. The summed E-state index contributed by atoms with van der Waals surface area (Å²) in [5.74, 6) is -2.69. The summed E-state index contributed by atoms with van der Waals surface area (Å²) in [6.45, 7) is 10.2. The van der Waals surface area contributed by atoms with Crippen LogP contribution in [0.15, 0.2) is 65.7 Å². The van der Waals surface area contributed by atoms with Crippen molar-refractivity contribution in [3.05, 3.63) is 71.8 Å². The number of piperazine rings is 1. The van der Waals surface area contributed by atoms with Gasteiger partial charge >= 0.3 is 0 Å². The van der Waals surface area contributed by atoms with Gasteiger partial charge in [-0.1, -0.05) is 88.4 Å². The molecule has 2 aromatic rings. The smallest absolute Gasteiger partial charge is 0.268 e. The summed E-state index contributed by atoms with van der Waals surface area (Å²) in [6.07, 6.45) is 3.32. The molecule has 5 N–H and O–H groups in total. The predicted octanol–water partition coefficient (Wildman–Crippen LogP) is 1.87. The summed E-state index contributed by atoms with van der Waals surface area (Å²) >= 11 is 3.18. The highest BCUT2D eigenvalue weighted by atomic mass is 32.2. The van der Waals surface area contributed by atoms with Crippen LogP contribution in [-0.4, -0.2) is 172 Å². The molecule has 0 saturated carbocycles. The molecule has 0 bridgehead atoms. The molecule has 20 heteroatoms. The van der Waals surface area contributed by atoms with E-state index < -0.39 is 64.8 Å². The largest absolute Gasteiger partial charge is 0.343 e. The van der Waals surface area contributed by atoms with Crippen LogP contribution in [-0.2, 0) is 38.4 Å². The highest BCUT2D eigenvalue weighted by Crippen LogP contribution is 2.48. The minimum Gasteiger partial charge on any atom is -0.343 e. The highest BCUT2D eigenvalue weighted by molar-refractivity contribution is 8.00. The van der Waals surface area contributed by atoms with E-state index in [2.05, 4.69) is 31.6 Å². The van der Waals surface area contributed by atoms with E-state index in [0.717, 1.165) is 0 Å². The number of benzene rings is 2. The van der Waals surface area contributed by atoms with E-state index >= 15 is 0 Å². The lowest BCUT2D eigenvalue weighted by Gasteiger charge is -2.38. The Kier molecular flexibility index (Phi) is 16.8. The van der Waals surface area contributed by atoms with E-state index in [1.54, 1.807) is 113 Å². The number of likely N-dealkylation sites (N-methyl/N-ethyl adjacent to an activating group) is 2. The van der Waals surface area contributed by atoms with Crippen molar-refractivity contribution in [1.29, 1.82) is 0 Å². The Balaban J connectivity index is 1.06. The van der Waals surface area contributed by atoms with Gasteiger partial charge in [-0.3, -0.25) is 38.4 Å². The third-order valence-electron chi connectivity index (χ3n) is 14.2. The zero-order valence-electron chi connectivity index (χ0n) is 41.1. The van der Waals surface area contributed by atoms with Crippen LogP contribution in [0.25, 0.3) is 0 Å². The lowest BCUT2D eigenvalue weighted by atomic mass is 9.83. The summed E-state index contributed by atoms with van der Waals surface area (Å²) in [7, 11) is 3.32. The Labute approximate surface area is 419 Å². The molecule has 70 heavy (non-hydrogen) atoms. The Bertz CT molecular complexity index is 2310. The first-order valence-corrected chi connectivity index (χ1v) is 26.3. The molecule has 5 heterocycles. The van der Waals surface area contributed by atoms with E-state index in [9.17, 15) is 38.4 Å². The maximum atomic E-state index is 14.7. The molecule has 9 atom stereocenters. The van der Waals surface area contributed by atoms with Crippen LogP contribution >= 0.6 is 23.5 Å². The molecule has 0 aliphatic carbocycles. The molecule has 5 aliphatic heterocycles. The Morgan fingerprint density at radius 1 is 0.714 bits per heavy atom. The number of nitrogens with zero attached hydrogens (tertiary/aromatic N) is 5. The second-order valence-corrected chi connectivity index (χ2v) is 22.7. The topological polar surface area (TPSA) is 222 Å². The molecule has 5 saturated heterocycles. The van der Waals surface area contributed by atoms with Crippen molar-refractivity contribution in [2.24, 2.45) is 15.8 Å². The SMILES string of the molecule is CNCC(=O)N[C@H]1CCS[C@H]2CC(C)(C)[C@@H](C(=O)N[C@H](C(=O)N3CCN(C(=O)C(/C=N/C(=O)[C@H]4N5C(=O)[C@@H](NC(=O)[C@H](C)NC)CCS[C@H]5CC4(C)C)c4ccccc4)CC3)c3ccccc3)N2C1=O. The average molecular weight is 1000 g/mol. The van der Waals surface area contributed by atoms with Crippen LogP contribution in [0.4, 0.5) is 0 Å². The normalized spacial score (nSPS) is 26.6. The van der Waals surface area contributed by atoms with Crippen molar-refractivity contribution in [3.63, 3.8) is 0 Å². The lowest BCUT2D eigenvalue weighted by Crippen LogP contribution is -2.59. The van der Waals surface area contributed by atoms with Crippen LogP contribution in [0.3, 0.4) is 0 Å². The van der Waals surface area contributed by atoms with Gasteiger partial charge in [0.25, 0.3) is 5.91 Å². The van der Waals surface area contributed by atoms with Gasteiger partial charge in [0.05, 0.1) is 29.3 Å². The molecule has 0 aromatic heterocycles. The molecular weight excluding hydrogens is 933 g/mol. The van der Waals surface area contributed by atoms with Gasteiger partial charge in [0.15, 0.2) is 0 Å². The summed E-state index contributed by atoms with van der Waals surface area (Å²) in [5.41, 5.74) is -0.122. The van der Waals surface area contributed by atoms with Gasteiger partial charge in [0.2, 0.25) is 41.4 Å². The third-order valence-corrected chi connectivity index (χ3v) is 16.7. The van der Waals surface area contributed by atoms with Crippen molar-refractivity contribution in [2.45, 2.75) is 113 Å². The number of amides is 8. The van der Waals surface area contributed by atoms with Gasteiger partial charge < -0.3 is 46.2 Å². The van der Waals surface area contributed by atoms with Crippen molar-refractivity contribution in [2.75, 3.05) is 58.3 Å². The number of rotatable bonds is 14. The minimum atomic E-state index is -1.10. The molecule has 5 fully saturated rings. The summed E-state index contributed by atoms with van der Waals surface area (Å²) in [5, 5.41) is 13.9. The Hall–Kier alpha value is -5.31. The van der Waals surface area contributed by atoms with Crippen molar-refractivity contribution in [3.8, 4) is 0 Å². The van der Waals surface area contributed by atoms with Crippen molar-refractivity contribution in [1.82, 2.24) is 46.2 Å². The Morgan fingerprint density at radius 3 is 1.76 bits per heavy atom. The first-order chi connectivity index (χ1) is 33.4. The fraction of sp³-hybridized carbons (Fsp3) is 0.580. The molecule has 8 amide bonds. The van der Waals surface area contributed by atoms with E-state index in [1.165, 1.54) is 6.21 Å². The first kappa shape index (κ1) is 52.5. The van der Waals surface area contributed by atoms with Gasteiger partial charge in [-0.25, -0.2) is 4.99 Å². The first-order valence-electron chi connectivity index (χ1n) is 24.2. The van der Waals surface area contributed by atoms with E-state index in [-0.39, 0.29) is 78.9 Å². The number of hydrogen-bond donors (Lipinski definition) is 5. The predicted molar refractivity (Wildman–Crippen MR) is 269 cm³/mol. The molecule has 378 valence electrons.